The molecule has 0 atom stereocenters. The fraction of sp³-hybridized carbons (Fsp3) is 0.667. The van der Waals surface area contributed by atoms with Crippen LogP contribution in [0, 0.1) is 5.92 Å². The van der Waals surface area contributed by atoms with Gasteiger partial charge in [-0.25, -0.2) is 4.79 Å². The zero-order valence-corrected chi connectivity index (χ0v) is 8.99. The SMILES string of the molecule is CC(C)=C(C(=O)OCO)C(C(O)O)C(O)O. The number of hydrogen-bond acceptors (Lipinski definition) is 7. The third kappa shape index (κ3) is 3.87. The summed E-state index contributed by atoms with van der Waals surface area (Å²) in [5.74, 6) is -2.64. The number of carbonyl (C=O) groups excluding carboxylic acids is 1. The van der Waals surface area contributed by atoms with Crippen molar-refractivity contribution in [3.8, 4) is 0 Å². The van der Waals surface area contributed by atoms with E-state index in [1.54, 1.807) is 0 Å². The summed E-state index contributed by atoms with van der Waals surface area (Å²) < 4.78 is 4.26. The fourth-order valence-electron chi connectivity index (χ4n) is 1.26. The van der Waals surface area contributed by atoms with Crippen LogP contribution in [-0.4, -0.2) is 50.9 Å². The van der Waals surface area contributed by atoms with Crippen molar-refractivity contribution in [2.75, 3.05) is 6.79 Å². The first-order valence-electron chi connectivity index (χ1n) is 4.50. The van der Waals surface area contributed by atoms with Gasteiger partial charge < -0.3 is 30.3 Å². The first-order valence-corrected chi connectivity index (χ1v) is 4.50. The van der Waals surface area contributed by atoms with Crippen molar-refractivity contribution >= 4 is 5.97 Å². The Morgan fingerprint density at radius 2 is 1.56 bits per heavy atom. The molecule has 0 rings (SSSR count). The van der Waals surface area contributed by atoms with Gasteiger partial charge in [-0.2, -0.15) is 0 Å². The molecule has 0 unspecified atom stereocenters. The van der Waals surface area contributed by atoms with Gasteiger partial charge in [-0.1, -0.05) is 5.57 Å². The molecule has 0 aliphatic heterocycles. The normalized spacial score (nSPS) is 11.1. The summed E-state index contributed by atoms with van der Waals surface area (Å²) in [6.07, 6.45) is -4.26. The number of esters is 1. The maximum Gasteiger partial charge on any atom is 0.336 e. The Kier molecular flexibility index (Phi) is 6.16. The highest BCUT2D eigenvalue weighted by atomic mass is 16.6. The first-order chi connectivity index (χ1) is 7.32. The number of aliphatic hydroxyl groups excluding tert-OH is 3. The van der Waals surface area contributed by atoms with Gasteiger partial charge in [0.25, 0.3) is 0 Å². The molecule has 0 aromatic rings. The molecule has 0 saturated heterocycles. The molecule has 7 nitrogen and oxygen atoms in total. The van der Waals surface area contributed by atoms with Crippen LogP contribution < -0.4 is 0 Å². The molecule has 5 N–H and O–H groups in total. The monoisotopic (exact) mass is 236 g/mol. The van der Waals surface area contributed by atoms with Gasteiger partial charge in [-0.3, -0.25) is 0 Å². The van der Waals surface area contributed by atoms with Crippen molar-refractivity contribution in [2.45, 2.75) is 26.4 Å². The van der Waals surface area contributed by atoms with Crippen LogP contribution in [0.15, 0.2) is 11.1 Å². The van der Waals surface area contributed by atoms with E-state index in [9.17, 15) is 4.79 Å². The van der Waals surface area contributed by atoms with Crippen molar-refractivity contribution in [1.82, 2.24) is 0 Å². The van der Waals surface area contributed by atoms with Crippen LogP contribution in [0.25, 0.3) is 0 Å². The third-order valence-corrected chi connectivity index (χ3v) is 1.93. The molecule has 16 heavy (non-hydrogen) atoms. The standard InChI is InChI=1S/C9H16O7/c1-4(2)5(9(15)16-3-10)6(7(11)12)8(13)14/h6-8,10-14H,3H2,1-2H3. The largest absolute Gasteiger partial charge is 0.435 e. The van der Waals surface area contributed by atoms with Gasteiger partial charge in [0, 0.05) is 5.57 Å². The minimum Gasteiger partial charge on any atom is -0.435 e. The Morgan fingerprint density at radius 1 is 1.12 bits per heavy atom. The molecule has 0 radical (unpaired) electrons. The molecule has 7 heteroatoms. The number of allylic oxidation sites excluding steroid dienone is 1. The highest BCUT2D eigenvalue weighted by Gasteiger charge is 2.33. The number of ether oxygens (including phenoxy) is 1. The molecule has 0 bridgehead atoms. The molecule has 0 aromatic heterocycles. The smallest absolute Gasteiger partial charge is 0.336 e. The molecule has 0 fully saturated rings. The average Bonchev–Trinajstić information content (AvgIpc) is 2.11. The summed E-state index contributed by atoms with van der Waals surface area (Å²) in [5, 5.41) is 44.2. The molecule has 0 saturated carbocycles. The predicted molar refractivity (Wildman–Crippen MR) is 51.5 cm³/mol. The fourth-order valence-corrected chi connectivity index (χ4v) is 1.26. The van der Waals surface area contributed by atoms with E-state index in [-0.39, 0.29) is 5.57 Å². The van der Waals surface area contributed by atoms with Crippen LogP contribution in [0.4, 0.5) is 0 Å². The van der Waals surface area contributed by atoms with E-state index in [0.717, 1.165) is 0 Å². The first kappa shape index (κ1) is 15.0. The quantitative estimate of drug-likeness (QED) is 0.213. The second-order valence-corrected chi connectivity index (χ2v) is 3.33. The number of hydrogen-bond donors (Lipinski definition) is 5. The molecule has 0 aliphatic carbocycles. The second-order valence-electron chi connectivity index (χ2n) is 3.33. The minimum atomic E-state index is -2.13. The van der Waals surface area contributed by atoms with Crippen molar-refractivity contribution in [1.29, 1.82) is 0 Å². The van der Waals surface area contributed by atoms with Gasteiger partial charge >= 0.3 is 5.97 Å². The molecular weight excluding hydrogens is 220 g/mol. The Bertz CT molecular complexity index is 257. The zero-order valence-electron chi connectivity index (χ0n) is 8.99. The van der Waals surface area contributed by atoms with Gasteiger partial charge in [-0.15, -0.1) is 0 Å². The van der Waals surface area contributed by atoms with Gasteiger partial charge in [0.05, 0.1) is 5.92 Å². The minimum absolute atomic E-state index is 0.293. The summed E-state index contributed by atoms with van der Waals surface area (Å²) >= 11 is 0. The summed E-state index contributed by atoms with van der Waals surface area (Å²) in [5.41, 5.74) is 0.0312. The van der Waals surface area contributed by atoms with E-state index in [4.69, 9.17) is 25.5 Å². The van der Waals surface area contributed by atoms with Crippen molar-refractivity contribution in [2.24, 2.45) is 5.92 Å². The molecule has 0 spiro atoms. The van der Waals surface area contributed by atoms with Gasteiger partial charge in [0.2, 0.25) is 0 Å². The lowest BCUT2D eigenvalue weighted by molar-refractivity contribution is -0.175. The van der Waals surface area contributed by atoms with Crippen LogP contribution >= 0.6 is 0 Å². The zero-order chi connectivity index (χ0) is 12.9. The molecular formula is C9H16O7. The lowest BCUT2D eigenvalue weighted by Crippen LogP contribution is -2.36. The van der Waals surface area contributed by atoms with Crippen LogP contribution in [0.2, 0.25) is 0 Å². The Hall–Kier alpha value is -0.990. The lowest BCUT2D eigenvalue weighted by Gasteiger charge is -2.23. The maximum absolute atomic E-state index is 11.4. The predicted octanol–water partition coefficient (Wildman–Crippen LogP) is -1.95. The topological polar surface area (TPSA) is 127 Å². The summed E-state index contributed by atoms with van der Waals surface area (Å²) in [6, 6.07) is 0. The van der Waals surface area contributed by atoms with E-state index in [2.05, 4.69) is 4.74 Å². The average molecular weight is 236 g/mol. The Labute approximate surface area is 92.2 Å². The van der Waals surface area contributed by atoms with Crippen LogP contribution in [-0.2, 0) is 9.53 Å². The third-order valence-electron chi connectivity index (χ3n) is 1.93. The molecule has 94 valence electrons. The van der Waals surface area contributed by atoms with Gasteiger partial charge in [0.1, 0.15) is 0 Å². The van der Waals surface area contributed by atoms with Crippen LogP contribution in [0.1, 0.15) is 13.8 Å². The highest BCUT2D eigenvalue weighted by Crippen LogP contribution is 2.22. The number of rotatable bonds is 5. The van der Waals surface area contributed by atoms with E-state index in [1.807, 2.05) is 0 Å². The highest BCUT2D eigenvalue weighted by molar-refractivity contribution is 5.89. The van der Waals surface area contributed by atoms with E-state index in [1.165, 1.54) is 13.8 Å². The number of carbonyl (C=O) groups is 1. The number of aliphatic hydroxyl groups is 5. The Morgan fingerprint density at radius 3 is 1.81 bits per heavy atom. The summed E-state index contributed by atoms with van der Waals surface area (Å²) in [6.45, 7) is 2.04. The second kappa shape index (κ2) is 6.56. The van der Waals surface area contributed by atoms with Gasteiger partial charge in [-0.05, 0) is 13.8 Å². The summed E-state index contributed by atoms with van der Waals surface area (Å²) in [7, 11) is 0. The van der Waals surface area contributed by atoms with Crippen LogP contribution in [0.3, 0.4) is 0 Å². The lowest BCUT2D eigenvalue weighted by atomic mass is 9.94. The summed E-state index contributed by atoms with van der Waals surface area (Å²) in [4.78, 5) is 11.4. The molecule has 0 heterocycles. The van der Waals surface area contributed by atoms with E-state index in [0.29, 0.717) is 5.57 Å². The van der Waals surface area contributed by atoms with E-state index >= 15 is 0 Å². The molecule has 0 aliphatic rings. The van der Waals surface area contributed by atoms with Crippen molar-refractivity contribution in [3.63, 3.8) is 0 Å². The van der Waals surface area contributed by atoms with E-state index < -0.39 is 31.3 Å². The Balaban J connectivity index is 5.19. The van der Waals surface area contributed by atoms with Crippen molar-refractivity contribution in [3.05, 3.63) is 11.1 Å². The maximum atomic E-state index is 11.4. The van der Waals surface area contributed by atoms with Crippen LogP contribution in [0.5, 0.6) is 0 Å². The van der Waals surface area contributed by atoms with Crippen molar-refractivity contribution < 1.29 is 35.1 Å². The molecule has 0 amide bonds. The molecule has 0 aromatic carbocycles. The van der Waals surface area contributed by atoms with Gasteiger partial charge in [0.15, 0.2) is 19.4 Å².